The van der Waals surface area contributed by atoms with Gasteiger partial charge in [-0.05, 0) is 32.3 Å². The minimum atomic E-state index is -0.406. The molecule has 7 heteroatoms. The first-order chi connectivity index (χ1) is 12.4. The maximum absolute atomic E-state index is 12.6. The van der Waals surface area contributed by atoms with E-state index >= 15 is 0 Å². The SMILES string of the molecule is CCOC(=O)c1cc(CC)sc1NC(=O)C1CCN(C(=O)C(C)C)CC1. The molecular formula is C19H28N2O4S. The number of hydrogen-bond acceptors (Lipinski definition) is 5. The molecule has 0 aliphatic carbocycles. The predicted octanol–water partition coefficient (Wildman–Crippen LogP) is 3.32. The van der Waals surface area contributed by atoms with Crippen LogP contribution < -0.4 is 5.32 Å². The molecule has 0 atom stereocenters. The van der Waals surface area contributed by atoms with E-state index in [1.165, 1.54) is 11.3 Å². The summed E-state index contributed by atoms with van der Waals surface area (Å²) in [5.41, 5.74) is 0.425. The Labute approximate surface area is 158 Å². The van der Waals surface area contributed by atoms with Crippen LogP contribution in [0.3, 0.4) is 0 Å². The number of esters is 1. The Morgan fingerprint density at radius 2 is 1.92 bits per heavy atom. The van der Waals surface area contributed by atoms with Crippen LogP contribution in [0.4, 0.5) is 5.00 Å². The van der Waals surface area contributed by atoms with E-state index in [2.05, 4.69) is 5.32 Å². The molecule has 0 radical (unpaired) electrons. The van der Waals surface area contributed by atoms with E-state index in [9.17, 15) is 14.4 Å². The van der Waals surface area contributed by atoms with E-state index in [4.69, 9.17) is 4.74 Å². The molecule has 144 valence electrons. The Bertz CT molecular complexity index is 660. The van der Waals surface area contributed by atoms with Crippen LogP contribution >= 0.6 is 11.3 Å². The van der Waals surface area contributed by atoms with Crippen LogP contribution in [0.15, 0.2) is 6.07 Å². The first kappa shape index (κ1) is 20.4. The molecule has 0 spiro atoms. The van der Waals surface area contributed by atoms with Crippen molar-refractivity contribution in [3.8, 4) is 0 Å². The normalized spacial score (nSPS) is 15.2. The second kappa shape index (κ2) is 9.16. The number of amides is 2. The van der Waals surface area contributed by atoms with Crippen molar-refractivity contribution < 1.29 is 19.1 Å². The zero-order valence-electron chi connectivity index (χ0n) is 16.0. The molecule has 1 fully saturated rings. The van der Waals surface area contributed by atoms with E-state index in [-0.39, 0.29) is 23.7 Å². The minimum absolute atomic E-state index is 0.0221. The smallest absolute Gasteiger partial charge is 0.341 e. The average molecular weight is 381 g/mol. The first-order valence-corrected chi connectivity index (χ1v) is 10.1. The summed E-state index contributed by atoms with van der Waals surface area (Å²) >= 11 is 1.42. The fourth-order valence-corrected chi connectivity index (χ4v) is 4.00. The lowest BCUT2D eigenvalue weighted by Crippen LogP contribution is -2.43. The highest BCUT2D eigenvalue weighted by Gasteiger charge is 2.29. The third-order valence-electron chi connectivity index (χ3n) is 4.53. The van der Waals surface area contributed by atoms with Crippen molar-refractivity contribution in [3.05, 3.63) is 16.5 Å². The number of nitrogens with one attached hydrogen (secondary N) is 1. The molecule has 0 saturated carbocycles. The molecule has 6 nitrogen and oxygen atoms in total. The van der Waals surface area contributed by atoms with Gasteiger partial charge in [0, 0.05) is 29.8 Å². The van der Waals surface area contributed by atoms with E-state index in [0.29, 0.717) is 43.1 Å². The number of rotatable bonds is 6. The summed E-state index contributed by atoms with van der Waals surface area (Å²) in [6.45, 7) is 9.05. The van der Waals surface area contributed by atoms with Gasteiger partial charge in [0.05, 0.1) is 12.2 Å². The van der Waals surface area contributed by atoms with Crippen LogP contribution in [0.2, 0.25) is 0 Å². The Morgan fingerprint density at radius 1 is 1.27 bits per heavy atom. The average Bonchev–Trinajstić information content (AvgIpc) is 3.04. The van der Waals surface area contributed by atoms with Crippen molar-refractivity contribution in [1.29, 1.82) is 0 Å². The molecule has 2 amide bonds. The number of piperidine rings is 1. The fraction of sp³-hybridized carbons (Fsp3) is 0.632. The quantitative estimate of drug-likeness (QED) is 0.768. The Balaban J connectivity index is 2.01. The van der Waals surface area contributed by atoms with Gasteiger partial charge in [0.15, 0.2) is 0 Å². The molecule has 0 unspecified atom stereocenters. The number of hydrogen-bond donors (Lipinski definition) is 1. The lowest BCUT2D eigenvalue weighted by atomic mass is 9.95. The summed E-state index contributed by atoms with van der Waals surface area (Å²) in [4.78, 5) is 39.7. The number of carbonyl (C=O) groups is 3. The standard InChI is InChI=1S/C19H28N2O4S/c1-5-14-11-15(19(24)25-6-2)17(26-14)20-16(22)13-7-9-21(10-8-13)18(23)12(3)4/h11-13H,5-10H2,1-4H3,(H,20,22). The van der Waals surface area contributed by atoms with Crippen LogP contribution in [0.5, 0.6) is 0 Å². The van der Waals surface area contributed by atoms with Crippen LogP contribution in [-0.4, -0.2) is 42.4 Å². The van der Waals surface area contributed by atoms with Gasteiger partial charge in [-0.3, -0.25) is 9.59 Å². The van der Waals surface area contributed by atoms with Gasteiger partial charge in [0.1, 0.15) is 5.00 Å². The monoisotopic (exact) mass is 380 g/mol. The molecule has 1 N–H and O–H groups in total. The maximum Gasteiger partial charge on any atom is 0.341 e. The lowest BCUT2D eigenvalue weighted by molar-refractivity contribution is -0.137. The van der Waals surface area contributed by atoms with Crippen molar-refractivity contribution in [1.82, 2.24) is 4.90 Å². The molecule has 0 aromatic carbocycles. The highest BCUT2D eigenvalue weighted by molar-refractivity contribution is 7.16. The highest BCUT2D eigenvalue weighted by atomic mass is 32.1. The number of carbonyl (C=O) groups excluding carboxylic acids is 3. The molecular weight excluding hydrogens is 352 g/mol. The summed E-state index contributed by atoms with van der Waals surface area (Å²) in [6.07, 6.45) is 2.08. The van der Waals surface area contributed by atoms with Gasteiger partial charge in [-0.1, -0.05) is 20.8 Å². The summed E-state index contributed by atoms with van der Waals surface area (Å²) in [7, 11) is 0. The van der Waals surface area contributed by atoms with Crippen molar-refractivity contribution in [2.24, 2.45) is 11.8 Å². The zero-order chi connectivity index (χ0) is 19.3. The summed E-state index contributed by atoms with van der Waals surface area (Å²) in [5.74, 6) is -0.522. The van der Waals surface area contributed by atoms with Crippen molar-refractivity contribution in [3.63, 3.8) is 0 Å². The largest absolute Gasteiger partial charge is 0.462 e. The Hall–Kier alpha value is -1.89. The maximum atomic E-state index is 12.6. The molecule has 26 heavy (non-hydrogen) atoms. The second-order valence-electron chi connectivity index (χ2n) is 6.77. The van der Waals surface area contributed by atoms with E-state index < -0.39 is 5.97 Å². The number of ether oxygens (including phenoxy) is 1. The van der Waals surface area contributed by atoms with Gasteiger partial charge in [-0.2, -0.15) is 0 Å². The minimum Gasteiger partial charge on any atom is -0.462 e. The molecule has 1 aromatic rings. The molecule has 2 rings (SSSR count). The number of likely N-dealkylation sites (tertiary alicyclic amines) is 1. The summed E-state index contributed by atoms with van der Waals surface area (Å²) in [6, 6.07) is 1.79. The molecule has 1 aromatic heterocycles. The topological polar surface area (TPSA) is 75.7 Å². The van der Waals surface area contributed by atoms with Gasteiger partial charge < -0.3 is 15.0 Å². The highest BCUT2D eigenvalue weighted by Crippen LogP contribution is 2.31. The second-order valence-corrected chi connectivity index (χ2v) is 7.91. The van der Waals surface area contributed by atoms with Crippen LogP contribution in [-0.2, 0) is 20.7 Å². The van der Waals surface area contributed by atoms with Crippen molar-refractivity contribution >= 4 is 34.1 Å². The van der Waals surface area contributed by atoms with Crippen LogP contribution in [0.25, 0.3) is 0 Å². The van der Waals surface area contributed by atoms with E-state index in [1.54, 1.807) is 13.0 Å². The third-order valence-corrected chi connectivity index (χ3v) is 5.73. The van der Waals surface area contributed by atoms with E-state index in [1.807, 2.05) is 25.7 Å². The summed E-state index contributed by atoms with van der Waals surface area (Å²) in [5, 5.41) is 3.48. The molecule has 0 bridgehead atoms. The lowest BCUT2D eigenvalue weighted by Gasteiger charge is -2.32. The van der Waals surface area contributed by atoms with Gasteiger partial charge in [-0.15, -0.1) is 11.3 Å². The van der Waals surface area contributed by atoms with Crippen LogP contribution in [0.1, 0.15) is 55.8 Å². The van der Waals surface area contributed by atoms with Gasteiger partial charge in [0.25, 0.3) is 0 Å². The number of aryl methyl sites for hydroxylation is 1. The molecule has 1 saturated heterocycles. The number of anilines is 1. The van der Waals surface area contributed by atoms with Crippen molar-refractivity contribution in [2.45, 2.75) is 47.0 Å². The van der Waals surface area contributed by atoms with Crippen LogP contribution in [0, 0.1) is 11.8 Å². The van der Waals surface area contributed by atoms with E-state index in [0.717, 1.165) is 11.3 Å². The molecule has 1 aliphatic rings. The molecule has 1 aliphatic heterocycles. The van der Waals surface area contributed by atoms with Crippen molar-refractivity contribution in [2.75, 3.05) is 25.0 Å². The summed E-state index contributed by atoms with van der Waals surface area (Å²) < 4.78 is 5.09. The molecule has 2 heterocycles. The van der Waals surface area contributed by atoms with Gasteiger partial charge >= 0.3 is 5.97 Å². The van der Waals surface area contributed by atoms with Gasteiger partial charge in [0.2, 0.25) is 11.8 Å². The first-order valence-electron chi connectivity index (χ1n) is 9.26. The Kier molecular flexibility index (Phi) is 7.20. The predicted molar refractivity (Wildman–Crippen MR) is 102 cm³/mol. The number of thiophene rings is 1. The Morgan fingerprint density at radius 3 is 2.46 bits per heavy atom. The number of nitrogens with zero attached hydrogens (tertiary/aromatic N) is 1. The zero-order valence-corrected chi connectivity index (χ0v) is 16.8. The van der Waals surface area contributed by atoms with Gasteiger partial charge in [-0.25, -0.2) is 4.79 Å². The fourth-order valence-electron chi connectivity index (χ4n) is 3.01. The third kappa shape index (κ3) is 4.84.